The zero-order valence-electron chi connectivity index (χ0n) is 15.9. The van der Waals surface area contributed by atoms with Gasteiger partial charge >= 0.3 is 6.18 Å². The van der Waals surface area contributed by atoms with Gasteiger partial charge in [-0.2, -0.15) is 13.2 Å². The first-order valence-electron chi connectivity index (χ1n) is 9.24. The SMILES string of the molecule is O=C(NCc1ccc(F)c(C(F)(F)F)c1)c1[nH]c2ccc(F)cc2c1-c1ccccc1. The van der Waals surface area contributed by atoms with E-state index in [4.69, 9.17) is 0 Å². The standard InChI is InChI=1S/C23H15F5N2O/c24-15-7-9-19-16(11-15)20(14-4-2-1-3-5-14)21(30-19)22(31)29-12-13-6-8-18(25)17(10-13)23(26,27)28/h1-11,30H,12H2,(H,29,31). The smallest absolute Gasteiger partial charge is 0.350 e. The van der Waals surface area contributed by atoms with E-state index < -0.39 is 29.3 Å². The van der Waals surface area contributed by atoms with Crippen molar-refractivity contribution < 1.29 is 26.7 Å². The summed E-state index contributed by atoms with van der Waals surface area (Å²) in [4.78, 5) is 15.8. The van der Waals surface area contributed by atoms with Crippen molar-refractivity contribution in [3.05, 3.63) is 95.2 Å². The molecule has 4 aromatic rings. The molecule has 158 valence electrons. The molecule has 0 aliphatic carbocycles. The predicted molar refractivity (Wildman–Crippen MR) is 106 cm³/mol. The predicted octanol–water partition coefficient (Wildman–Crippen LogP) is 6.06. The largest absolute Gasteiger partial charge is 0.419 e. The van der Waals surface area contributed by atoms with Gasteiger partial charge in [-0.15, -0.1) is 0 Å². The van der Waals surface area contributed by atoms with E-state index in [-0.39, 0.29) is 17.8 Å². The van der Waals surface area contributed by atoms with E-state index in [1.165, 1.54) is 24.3 Å². The number of halogens is 5. The van der Waals surface area contributed by atoms with Gasteiger partial charge in [0.1, 0.15) is 17.3 Å². The van der Waals surface area contributed by atoms with Crippen LogP contribution in [0.4, 0.5) is 22.0 Å². The van der Waals surface area contributed by atoms with Crippen LogP contribution < -0.4 is 5.32 Å². The van der Waals surface area contributed by atoms with Crippen LogP contribution in [0.1, 0.15) is 21.6 Å². The monoisotopic (exact) mass is 430 g/mol. The minimum absolute atomic E-state index is 0.0884. The summed E-state index contributed by atoms with van der Waals surface area (Å²) in [7, 11) is 0. The summed E-state index contributed by atoms with van der Waals surface area (Å²) in [6.07, 6.45) is -4.84. The molecule has 0 bridgehead atoms. The Balaban J connectivity index is 1.68. The van der Waals surface area contributed by atoms with Gasteiger partial charge in [0.05, 0.1) is 5.56 Å². The lowest BCUT2D eigenvalue weighted by Crippen LogP contribution is -2.24. The van der Waals surface area contributed by atoms with Crippen LogP contribution in [0.5, 0.6) is 0 Å². The topological polar surface area (TPSA) is 44.9 Å². The van der Waals surface area contributed by atoms with Crippen LogP contribution in [-0.2, 0) is 12.7 Å². The molecule has 0 aliphatic rings. The molecule has 1 aromatic heterocycles. The molecule has 2 N–H and O–H groups in total. The van der Waals surface area contributed by atoms with E-state index in [1.54, 1.807) is 30.3 Å². The lowest BCUT2D eigenvalue weighted by Gasteiger charge is -2.11. The van der Waals surface area contributed by atoms with E-state index in [1.807, 2.05) is 0 Å². The third kappa shape index (κ3) is 4.14. The van der Waals surface area contributed by atoms with Crippen molar-refractivity contribution in [1.29, 1.82) is 0 Å². The lowest BCUT2D eigenvalue weighted by molar-refractivity contribution is -0.140. The number of H-pyrrole nitrogens is 1. The molecule has 0 spiro atoms. The number of aromatic amines is 1. The number of carbonyl (C=O) groups is 1. The van der Waals surface area contributed by atoms with Gasteiger partial charge in [-0.3, -0.25) is 4.79 Å². The Bertz CT molecular complexity index is 1260. The van der Waals surface area contributed by atoms with Crippen LogP contribution in [0.3, 0.4) is 0 Å². The van der Waals surface area contributed by atoms with Crippen LogP contribution in [-0.4, -0.2) is 10.9 Å². The molecule has 0 saturated carbocycles. The highest BCUT2D eigenvalue weighted by molar-refractivity contribution is 6.09. The van der Waals surface area contributed by atoms with Crippen molar-refractivity contribution in [3.8, 4) is 11.1 Å². The number of benzene rings is 3. The molecule has 0 aliphatic heterocycles. The molecule has 0 unspecified atom stereocenters. The highest BCUT2D eigenvalue weighted by atomic mass is 19.4. The highest BCUT2D eigenvalue weighted by Gasteiger charge is 2.34. The maximum absolute atomic E-state index is 13.8. The van der Waals surface area contributed by atoms with E-state index in [9.17, 15) is 26.7 Å². The average molecular weight is 430 g/mol. The van der Waals surface area contributed by atoms with Crippen LogP contribution in [0.25, 0.3) is 22.0 Å². The molecule has 0 saturated heterocycles. The Morgan fingerprint density at radius 3 is 2.39 bits per heavy atom. The average Bonchev–Trinajstić information content (AvgIpc) is 3.11. The van der Waals surface area contributed by atoms with Gasteiger partial charge in [-0.25, -0.2) is 8.78 Å². The molecule has 4 rings (SSSR count). The van der Waals surface area contributed by atoms with E-state index in [0.717, 1.165) is 0 Å². The van der Waals surface area contributed by atoms with Crippen molar-refractivity contribution in [2.75, 3.05) is 0 Å². The first kappa shape index (κ1) is 20.6. The second-order valence-electron chi connectivity index (χ2n) is 6.93. The summed E-state index contributed by atoms with van der Waals surface area (Å²) in [5, 5.41) is 3.04. The number of hydrogen-bond acceptors (Lipinski definition) is 1. The molecule has 0 fully saturated rings. The van der Waals surface area contributed by atoms with E-state index in [0.29, 0.717) is 34.2 Å². The zero-order valence-corrected chi connectivity index (χ0v) is 15.9. The number of aromatic nitrogens is 1. The summed E-state index contributed by atoms with van der Waals surface area (Å²) in [6.45, 7) is -0.250. The third-order valence-corrected chi connectivity index (χ3v) is 4.84. The number of amides is 1. The summed E-state index contributed by atoms with van der Waals surface area (Å²) < 4.78 is 66.1. The third-order valence-electron chi connectivity index (χ3n) is 4.84. The van der Waals surface area contributed by atoms with Gasteiger partial charge in [0.2, 0.25) is 0 Å². The molecule has 1 amide bonds. The Morgan fingerprint density at radius 1 is 0.935 bits per heavy atom. The Kier molecular flexibility index (Phi) is 5.22. The normalized spacial score (nSPS) is 11.6. The molecule has 31 heavy (non-hydrogen) atoms. The highest BCUT2D eigenvalue weighted by Crippen LogP contribution is 2.34. The quantitative estimate of drug-likeness (QED) is 0.380. The van der Waals surface area contributed by atoms with Gasteiger partial charge in [0, 0.05) is 23.0 Å². The van der Waals surface area contributed by atoms with Crippen molar-refractivity contribution in [2.24, 2.45) is 0 Å². The first-order valence-corrected chi connectivity index (χ1v) is 9.24. The van der Waals surface area contributed by atoms with Gasteiger partial charge in [-0.1, -0.05) is 36.4 Å². The number of hydrogen-bond donors (Lipinski definition) is 2. The summed E-state index contributed by atoms with van der Waals surface area (Å²) in [6, 6.07) is 15.5. The number of nitrogens with one attached hydrogen (secondary N) is 2. The van der Waals surface area contributed by atoms with Crippen LogP contribution in [0.2, 0.25) is 0 Å². The van der Waals surface area contributed by atoms with Crippen LogP contribution in [0.15, 0.2) is 66.7 Å². The second kappa shape index (κ2) is 7.86. The number of alkyl halides is 3. The minimum Gasteiger partial charge on any atom is -0.350 e. The fourth-order valence-electron chi connectivity index (χ4n) is 3.41. The molecular weight excluding hydrogens is 415 g/mol. The minimum atomic E-state index is -4.84. The Morgan fingerprint density at radius 2 is 1.68 bits per heavy atom. The van der Waals surface area contributed by atoms with E-state index >= 15 is 0 Å². The number of carbonyl (C=O) groups excluding carboxylic acids is 1. The summed E-state index contributed by atoms with van der Waals surface area (Å²) >= 11 is 0. The maximum Gasteiger partial charge on any atom is 0.419 e. The molecule has 8 heteroatoms. The van der Waals surface area contributed by atoms with Crippen LogP contribution >= 0.6 is 0 Å². The van der Waals surface area contributed by atoms with Crippen molar-refractivity contribution in [1.82, 2.24) is 10.3 Å². The Labute approximate surface area is 173 Å². The van der Waals surface area contributed by atoms with Gasteiger partial charge in [-0.05, 0) is 41.5 Å². The zero-order chi connectivity index (χ0) is 22.2. The number of rotatable bonds is 4. The summed E-state index contributed by atoms with van der Waals surface area (Å²) in [5.74, 6) is -2.44. The molecule has 0 atom stereocenters. The Hall–Kier alpha value is -3.68. The fraction of sp³-hybridized carbons (Fsp3) is 0.0870. The fourth-order valence-corrected chi connectivity index (χ4v) is 3.41. The summed E-state index contributed by atoms with van der Waals surface area (Å²) in [5.41, 5.74) is 0.514. The molecule has 3 aromatic carbocycles. The number of fused-ring (bicyclic) bond motifs is 1. The molecular formula is C23H15F5N2O. The van der Waals surface area contributed by atoms with Crippen molar-refractivity contribution in [2.45, 2.75) is 12.7 Å². The molecule has 3 nitrogen and oxygen atoms in total. The van der Waals surface area contributed by atoms with Gasteiger partial charge < -0.3 is 10.3 Å². The van der Waals surface area contributed by atoms with Gasteiger partial charge in [0.25, 0.3) is 5.91 Å². The van der Waals surface area contributed by atoms with Crippen LogP contribution in [0, 0.1) is 11.6 Å². The van der Waals surface area contributed by atoms with Crippen molar-refractivity contribution >= 4 is 16.8 Å². The second-order valence-corrected chi connectivity index (χ2v) is 6.93. The molecule has 0 radical (unpaired) electrons. The first-order chi connectivity index (χ1) is 14.7. The maximum atomic E-state index is 13.8. The lowest BCUT2D eigenvalue weighted by atomic mass is 10.0. The molecule has 1 heterocycles. The van der Waals surface area contributed by atoms with Crippen molar-refractivity contribution in [3.63, 3.8) is 0 Å². The van der Waals surface area contributed by atoms with E-state index in [2.05, 4.69) is 10.3 Å². The van der Waals surface area contributed by atoms with Gasteiger partial charge in [0.15, 0.2) is 0 Å².